The minimum absolute atomic E-state index is 0.133. The first kappa shape index (κ1) is 21.1. The summed E-state index contributed by atoms with van der Waals surface area (Å²) in [5.41, 5.74) is 1.11. The molecular weight excluding hydrogens is 338 g/mol. The molecule has 2 rings (SSSR count). The predicted octanol–water partition coefficient (Wildman–Crippen LogP) is 4.76. The van der Waals surface area contributed by atoms with E-state index in [1.165, 1.54) is 44.9 Å². The van der Waals surface area contributed by atoms with Gasteiger partial charge in [0.2, 0.25) is 0 Å². The van der Waals surface area contributed by atoms with E-state index in [0.29, 0.717) is 6.54 Å². The van der Waals surface area contributed by atoms with Gasteiger partial charge < -0.3 is 4.90 Å². The number of carbonyl (C=O) groups is 1. The van der Waals surface area contributed by atoms with E-state index in [1.54, 1.807) is 0 Å². The maximum Gasteiger partial charge on any atom is 0.296 e. The molecule has 27 heavy (non-hydrogen) atoms. The number of amides is 1. The van der Waals surface area contributed by atoms with Gasteiger partial charge in [0.15, 0.2) is 0 Å². The lowest BCUT2D eigenvalue weighted by molar-refractivity contribution is 0.0652. The van der Waals surface area contributed by atoms with Crippen molar-refractivity contribution in [3.63, 3.8) is 0 Å². The molecule has 0 radical (unpaired) electrons. The number of hydrogen-bond acceptors (Lipinski definition) is 4. The van der Waals surface area contributed by atoms with E-state index in [9.17, 15) is 4.79 Å². The van der Waals surface area contributed by atoms with E-state index in [2.05, 4.69) is 34.5 Å². The molecule has 0 bridgehead atoms. The molecule has 0 spiro atoms. The second-order valence-electron chi connectivity index (χ2n) is 7.27. The van der Waals surface area contributed by atoms with Crippen LogP contribution in [0.3, 0.4) is 0 Å². The van der Waals surface area contributed by atoms with Gasteiger partial charge in [-0.15, -0.1) is 10.2 Å². The molecule has 0 aliphatic carbocycles. The Morgan fingerprint density at radius 1 is 1.04 bits per heavy atom. The van der Waals surface area contributed by atoms with Crippen LogP contribution in [0.15, 0.2) is 30.3 Å². The zero-order valence-electron chi connectivity index (χ0n) is 16.7. The third-order valence-corrected chi connectivity index (χ3v) is 5.00. The van der Waals surface area contributed by atoms with Crippen molar-refractivity contribution < 1.29 is 4.79 Å². The number of nitrogens with zero attached hydrogens (tertiary/aromatic N) is 4. The first-order chi connectivity index (χ1) is 13.2. The zero-order chi connectivity index (χ0) is 19.3. The fourth-order valence-electron chi connectivity index (χ4n) is 3.32. The van der Waals surface area contributed by atoms with Crippen molar-refractivity contribution in [3.05, 3.63) is 41.7 Å². The van der Waals surface area contributed by atoms with E-state index >= 15 is 0 Å². The molecule has 0 saturated heterocycles. The molecule has 1 aromatic carbocycles. The average Bonchev–Trinajstić information content (AvgIpc) is 3.23. The maximum atomic E-state index is 12.8. The molecule has 0 aliphatic rings. The highest BCUT2D eigenvalue weighted by atomic mass is 16.2. The topological polar surface area (TPSA) is 74.8 Å². The number of rotatable bonds is 13. The lowest BCUT2D eigenvalue weighted by Gasteiger charge is -2.28. The van der Waals surface area contributed by atoms with Crippen LogP contribution in [0.5, 0.6) is 0 Å². The number of tetrazole rings is 1. The van der Waals surface area contributed by atoms with E-state index < -0.39 is 0 Å². The summed E-state index contributed by atoms with van der Waals surface area (Å²) < 4.78 is 0. The summed E-state index contributed by atoms with van der Waals surface area (Å²) in [5, 5.41) is 13.6. The van der Waals surface area contributed by atoms with Crippen LogP contribution in [-0.4, -0.2) is 37.5 Å². The molecule has 0 fully saturated rings. The Balaban J connectivity index is 1.84. The smallest absolute Gasteiger partial charge is 0.296 e. The minimum atomic E-state index is -0.167. The van der Waals surface area contributed by atoms with Crippen LogP contribution in [0.2, 0.25) is 0 Å². The molecule has 148 valence electrons. The third kappa shape index (κ3) is 7.49. The number of nitrogens with one attached hydrogen (secondary N) is 1. The van der Waals surface area contributed by atoms with E-state index in [4.69, 9.17) is 0 Å². The molecule has 1 atom stereocenters. The first-order valence-corrected chi connectivity index (χ1v) is 10.3. The molecule has 6 heteroatoms. The van der Waals surface area contributed by atoms with Gasteiger partial charge in [-0.2, -0.15) is 5.21 Å². The Kier molecular flexibility index (Phi) is 9.52. The Labute approximate surface area is 162 Å². The summed E-state index contributed by atoms with van der Waals surface area (Å²) in [6, 6.07) is 10.2. The second-order valence-corrected chi connectivity index (χ2v) is 7.27. The summed E-state index contributed by atoms with van der Waals surface area (Å²) >= 11 is 0. The van der Waals surface area contributed by atoms with Crippen molar-refractivity contribution in [2.45, 2.75) is 84.2 Å². The van der Waals surface area contributed by atoms with Gasteiger partial charge in [-0.3, -0.25) is 4.79 Å². The van der Waals surface area contributed by atoms with Gasteiger partial charge in [-0.05, 0) is 24.1 Å². The van der Waals surface area contributed by atoms with Gasteiger partial charge >= 0.3 is 0 Å². The highest BCUT2D eigenvalue weighted by Crippen LogP contribution is 2.17. The fraction of sp³-hybridized carbons (Fsp3) is 0.619. The van der Waals surface area contributed by atoms with Crippen LogP contribution in [0, 0.1) is 0 Å². The Morgan fingerprint density at radius 2 is 1.70 bits per heavy atom. The monoisotopic (exact) mass is 371 g/mol. The van der Waals surface area contributed by atoms with Gasteiger partial charge in [-0.25, -0.2) is 0 Å². The molecule has 1 heterocycles. The SMILES string of the molecule is CCCCCCCCCCC(C)N(Cc1ccccc1)C(=O)c1nn[nH]n1. The van der Waals surface area contributed by atoms with Crippen LogP contribution < -0.4 is 0 Å². The van der Waals surface area contributed by atoms with Crippen molar-refractivity contribution in [1.82, 2.24) is 25.5 Å². The van der Waals surface area contributed by atoms with Crippen molar-refractivity contribution in [2.75, 3.05) is 0 Å². The average molecular weight is 372 g/mol. The number of hydrogen-bond donors (Lipinski definition) is 1. The van der Waals surface area contributed by atoms with Crippen LogP contribution in [0.1, 0.15) is 87.8 Å². The lowest BCUT2D eigenvalue weighted by atomic mass is 10.0. The molecule has 1 N–H and O–H groups in total. The molecule has 1 amide bonds. The third-order valence-electron chi connectivity index (χ3n) is 5.00. The molecule has 0 saturated carbocycles. The first-order valence-electron chi connectivity index (χ1n) is 10.3. The Bertz CT molecular complexity index is 629. The highest BCUT2D eigenvalue weighted by molar-refractivity contribution is 5.90. The van der Waals surface area contributed by atoms with Gasteiger partial charge in [-0.1, -0.05) is 88.6 Å². The van der Waals surface area contributed by atoms with E-state index in [1.807, 2.05) is 35.2 Å². The number of aromatic nitrogens is 4. The van der Waals surface area contributed by atoms with Gasteiger partial charge in [0.1, 0.15) is 0 Å². The highest BCUT2D eigenvalue weighted by Gasteiger charge is 2.24. The molecular formula is C21H33N5O. The number of carbonyl (C=O) groups excluding carboxylic acids is 1. The predicted molar refractivity (Wildman–Crippen MR) is 107 cm³/mol. The fourth-order valence-corrected chi connectivity index (χ4v) is 3.32. The van der Waals surface area contributed by atoms with Crippen LogP contribution in [-0.2, 0) is 6.54 Å². The van der Waals surface area contributed by atoms with Crippen LogP contribution in [0.4, 0.5) is 0 Å². The molecule has 1 unspecified atom stereocenters. The molecule has 0 aliphatic heterocycles. The molecule has 6 nitrogen and oxygen atoms in total. The maximum absolute atomic E-state index is 12.8. The quantitative estimate of drug-likeness (QED) is 0.515. The summed E-state index contributed by atoms with van der Waals surface area (Å²) in [4.78, 5) is 14.7. The van der Waals surface area contributed by atoms with Crippen molar-refractivity contribution in [3.8, 4) is 0 Å². The number of unbranched alkanes of at least 4 members (excludes halogenated alkanes) is 7. The number of H-pyrrole nitrogens is 1. The van der Waals surface area contributed by atoms with Gasteiger partial charge in [0, 0.05) is 12.6 Å². The normalized spacial score (nSPS) is 12.1. The summed E-state index contributed by atoms with van der Waals surface area (Å²) in [6.07, 6.45) is 11.3. The summed E-state index contributed by atoms with van der Waals surface area (Å²) in [5.74, 6) is -0.0339. The Morgan fingerprint density at radius 3 is 2.33 bits per heavy atom. The summed E-state index contributed by atoms with van der Waals surface area (Å²) in [6.45, 7) is 4.92. The van der Waals surface area contributed by atoms with Gasteiger partial charge in [0.25, 0.3) is 11.7 Å². The molecule has 2 aromatic rings. The van der Waals surface area contributed by atoms with Crippen LogP contribution >= 0.6 is 0 Å². The number of benzene rings is 1. The van der Waals surface area contributed by atoms with E-state index in [-0.39, 0.29) is 17.8 Å². The number of aromatic amines is 1. The largest absolute Gasteiger partial charge is 0.329 e. The van der Waals surface area contributed by atoms with Crippen molar-refractivity contribution in [2.24, 2.45) is 0 Å². The standard InChI is InChI=1S/C21H33N5O/c1-3-4-5-6-7-8-9-11-14-18(2)26(17-19-15-12-10-13-16-19)21(27)20-22-24-25-23-20/h10,12-13,15-16,18H,3-9,11,14,17H2,1-2H3,(H,22,23,24,25). The van der Waals surface area contributed by atoms with Crippen molar-refractivity contribution >= 4 is 5.91 Å². The van der Waals surface area contributed by atoms with E-state index in [0.717, 1.165) is 18.4 Å². The second kappa shape index (κ2) is 12.2. The lowest BCUT2D eigenvalue weighted by Crippen LogP contribution is -2.38. The summed E-state index contributed by atoms with van der Waals surface area (Å²) in [7, 11) is 0. The zero-order valence-corrected chi connectivity index (χ0v) is 16.7. The molecule has 1 aromatic heterocycles. The van der Waals surface area contributed by atoms with Gasteiger partial charge in [0.05, 0.1) is 0 Å². The van der Waals surface area contributed by atoms with Crippen molar-refractivity contribution in [1.29, 1.82) is 0 Å². The Hall–Kier alpha value is -2.24. The van der Waals surface area contributed by atoms with Crippen LogP contribution in [0.25, 0.3) is 0 Å². The minimum Gasteiger partial charge on any atom is -0.329 e.